The Hall–Kier alpha value is -3.10. The van der Waals surface area contributed by atoms with Gasteiger partial charge in [-0.2, -0.15) is 0 Å². The van der Waals surface area contributed by atoms with E-state index in [0.717, 1.165) is 13.1 Å². The Balaban J connectivity index is 1.50. The number of rotatable bonds is 5. The van der Waals surface area contributed by atoms with Crippen molar-refractivity contribution in [1.82, 2.24) is 19.9 Å². The fourth-order valence-electron chi connectivity index (χ4n) is 2.75. The second kappa shape index (κ2) is 7.65. The first-order valence-electron chi connectivity index (χ1n) is 8.14. The molecule has 0 atom stereocenters. The van der Waals surface area contributed by atoms with Crippen LogP contribution >= 0.6 is 0 Å². The lowest BCUT2D eigenvalue weighted by atomic mass is 10.2. The van der Waals surface area contributed by atoms with Crippen LogP contribution in [0.3, 0.4) is 0 Å². The molecule has 0 radical (unpaired) electrons. The molecular weight excluding hydrogens is 320 g/mol. The van der Waals surface area contributed by atoms with Crippen LogP contribution < -0.4 is 16.4 Å². The highest BCUT2D eigenvalue weighted by Crippen LogP contribution is 2.15. The first kappa shape index (κ1) is 16.7. The second-order valence-corrected chi connectivity index (χ2v) is 5.85. The molecule has 3 rings (SSSR count). The van der Waals surface area contributed by atoms with Crippen molar-refractivity contribution in [3.63, 3.8) is 0 Å². The Labute approximate surface area is 145 Å². The van der Waals surface area contributed by atoms with Gasteiger partial charge in [0.1, 0.15) is 12.2 Å². The first-order chi connectivity index (χ1) is 12.1. The third kappa shape index (κ3) is 4.46. The van der Waals surface area contributed by atoms with Crippen LogP contribution in [0.4, 0.5) is 5.69 Å². The van der Waals surface area contributed by atoms with Crippen molar-refractivity contribution in [3.05, 3.63) is 42.2 Å². The molecule has 0 bridgehead atoms. The summed E-state index contributed by atoms with van der Waals surface area (Å²) in [6, 6.07) is 10.2. The van der Waals surface area contributed by atoms with Gasteiger partial charge in [-0.3, -0.25) is 4.79 Å². The second-order valence-electron chi connectivity index (χ2n) is 5.85. The van der Waals surface area contributed by atoms with Gasteiger partial charge in [0, 0.05) is 31.9 Å². The van der Waals surface area contributed by atoms with Gasteiger partial charge in [0.15, 0.2) is 5.96 Å². The van der Waals surface area contributed by atoms with Crippen molar-refractivity contribution < 1.29 is 4.79 Å². The monoisotopic (exact) mass is 342 g/mol. The van der Waals surface area contributed by atoms with E-state index in [1.54, 1.807) is 6.20 Å². The predicted octanol–water partition coefficient (Wildman–Crippen LogP) is -0.600. The summed E-state index contributed by atoms with van der Waals surface area (Å²) < 4.78 is 1.52. The number of hydrogen-bond acceptors (Lipinski definition) is 5. The van der Waals surface area contributed by atoms with E-state index in [9.17, 15) is 4.79 Å². The van der Waals surface area contributed by atoms with Gasteiger partial charge in [-0.15, -0.1) is 5.10 Å². The van der Waals surface area contributed by atoms with Crippen LogP contribution in [0.1, 0.15) is 5.69 Å². The molecule has 2 heterocycles. The van der Waals surface area contributed by atoms with E-state index in [4.69, 9.17) is 11.5 Å². The number of aromatic nitrogens is 3. The lowest BCUT2D eigenvalue weighted by Crippen LogP contribution is -2.49. The molecule has 0 unspecified atom stereocenters. The minimum absolute atomic E-state index is 0.00177. The number of piperazine rings is 1. The number of nitrogens with two attached hydrogens (primary N) is 2. The van der Waals surface area contributed by atoms with Gasteiger partial charge in [-0.05, 0) is 12.1 Å². The SMILES string of the molecule is NC(N)=NCc1cn(CC(=O)N2CCN(c3ccccc3)CC2)nn1. The summed E-state index contributed by atoms with van der Waals surface area (Å²) in [6.07, 6.45) is 1.69. The first-order valence-corrected chi connectivity index (χ1v) is 8.14. The van der Waals surface area contributed by atoms with Crippen LogP contribution in [0.2, 0.25) is 0 Å². The third-order valence-corrected chi connectivity index (χ3v) is 4.06. The van der Waals surface area contributed by atoms with Crippen LogP contribution in [0.25, 0.3) is 0 Å². The Bertz CT molecular complexity index is 730. The summed E-state index contributed by atoms with van der Waals surface area (Å²) in [6.45, 7) is 3.46. The van der Waals surface area contributed by atoms with Crippen LogP contribution in [0.15, 0.2) is 41.5 Å². The highest BCUT2D eigenvalue weighted by molar-refractivity contribution is 5.76. The molecule has 2 aromatic rings. The molecule has 1 aliphatic heterocycles. The zero-order valence-electron chi connectivity index (χ0n) is 14.0. The third-order valence-electron chi connectivity index (χ3n) is 4.06. The maximum atomic E-state index is 12.4. The summed E-state index contributed by atoms with van der Waals surface area (Å²) in [5.41, 5.74) is 12.4. The number of hydrogen-bond donors (Lipinski definition) is 2. The summed E-state index contributed by atoms with van der Waals surface area (Å²) in [5, 5.41) is 7.90. The Morgan fingerprint density at radius 3 is 2.52 bits per heavy atom. The van der Waals surface area contributed by atoms with E-state index in [2.05, 4.69) is 32.3 Å². The van der Waals surface area contributed by atoms with E-state index >= 15 is 0 Å². The van der Waals surface area contributed by atoms with Crippen molar-refractivity contribution in [1.29, 1.82) is 0 Å². The molecule has 0 saturated carbocycles. The van der Waals surface area contributed by atoms with E-state index in [0.29, 0.717) is 18.8 Å². The number of guanidine groups is 1. The van der Waals surface area contributed by atoms with Crippen molar-refractivity contribution in [3.8, 4) is 0 Å². The fraction of sp³-hybridized carbons (Fsp3) is 0.375. The molecule has 0 aliphatic carbocycles. The molecule has 1 fully saturated rings. The minimum Gasteiger partial charge on any atom is -0.370 e. The van der Waals surface area contributed by atoms with E-state index in [1.807, 2.05) is 23.1 Å². The molecule has 4 N–H and O–H groups in total. The average Bonchev–Trinajstić information content (AvgIpc) is 3.08. The zero-order valence-corrected chi connectivity index (χ0v) is 14.0. The summed E-state index contributed by atoms with van der Waals surface area (Å²) >= 11 is 0. The number of nitrogens with zero attached hydrogens (tertiary/aromatic N) is 6. The normalized spacial score (nSPS) is 14.4. The maximum absolute atomic E-state index is 12.4. The number of para-hydroxylation sites is 1. The highest BCUT2D eigenvalue weighted by Gasteiger charge is 2.21. The Kier molecular flexibility index (Phi) is 5.12. The molecule has 1 aromatic carbocycles. The van der Waals surface area contributed by atoms with Gasteiger partial charge in [0.05, 0.1) is 12.7 Å². The molecule has 0 spiro atoms. The topological polar surface area (TPSA) is 119 Å². The molecule has 9 heteroatoms. The predicted molar refractivity (Wildman–Crippen MR) is 94.8 cm³/mol. The maximum Gasteiger partial charge on any atom is 0.244 e. The molecule has 1 amide bonds. The van der Waals surface area contributed by atoms with Crippen LogP contribution in [-0.2, 0) is 17.9 Å². The van der Waals surface area contributed by atoms with Crippen LogP contribution in [-0.4, -0.2) is 57.9 Å². The van der Waals surface area contributed by atoms with Gasteiger partial charge in [-0.25, -0.2) is 9.67 Å². The quantitative estimate of drug-likeness (QED) is 0.553. The molecule has 132 valence electrons. The van der Waals surface area contributed by atoms with Gasteiger partial charge in [0.2, 0.25) is 5.91 Å². The van der Waals surface area contributed by atoms with Crippen LogP contribution in [0, 0.1) is 0 Å². The van der Waals surface area contributed by atoms with Crippen LogP contribution in [0.5, 0.6) is 0 Å². The largest absolute Gasteiger partial charge is 0.370 e. The average molecular weight is 342 g/mol. The number of amides is 1. The minimum atomic E-state index is 0.00177. The van der Waals surface area contributed by atoms with E-state index < -0.39 is 0 Å². The lowest BCUT2D eigenvalue weighted by Gasteiger charge is -2.36. The van der Waals surface area contributed by atoms with E-state index in [1.165, 1.54) is 10.4 Å². The number of carbonyl (C=O) groups is 1. The highest BCUT2D eigenvalue weighted by atomic mass is 16.2. The molecule has 9 nitrogen and oxygen atoms in total. The van der Waals surface area contributed by atoms with Gasteiger partial charge in [0.25, 0.3) is 0 Å². The van der Waals surface area contributed by atoms with Crippen molar-refractivity contribution >= 4 is 17.6 Å². The summed E-state index contributed by atoms with van der Waals surface area (Å²) in [7, 11) is 0. The number of anilines is 1. The molecule has 1 aromatic heterocycles. The zero-order chi connectivity index (χ0) is 17.6. The molecule has 1 aliphatic rings. The van der Waals surface area contributed by atoms with E-state index in [-0.39, 0.29) is 25.0 Å². The summed E-state index contributed by atoms with van der Waals surface area (Å²) in [4.78, 5) is 20.4. The van der Waals surface area contributed by atoms with Gasteiger partial charge >= 0.3 is 0 Å². The molecule has 1 saturated heterocycles. The standard InChI is InChI=1S/C16H22N8O/c17-16(18)19-10-13-11-24(21-20-13)12-15(25)23-8-6-22(7-9-23)14-4-2-1-3-5-14/h1-5,11H,6-10,12H2,(H4,17,18,19). The smallest absolute Gasteiger partial charge is 0.244 e. The number of carbonyl (C=O) groups excluding carboxylic acids is 1. The van der Waals surface area contributed by atoms with Crippen molar-refractivity contribution in [2.45, 2.75) is 13.1 Å². The summed E-state index contributed by atoms with van der Waals surface area (Å²) in [5.74, 6) is 0.0351. The van der Waals surface area contributed by atoms with Gasteiger partial charge < -0.3 is 21.3 Å². The Morgan fingerprint density at radius 1 is 1.12 bits per heavy atom. The van der Waals surface area contributed by atoms with Gasteiger partial charge in [-0.1, -0.05) is 23.4 Å². The lowest BCUT2D eigenvalue weighted by molar-refractivity contribution is -0.132. The fourth-order valence-corrected chi connectivity index (χ4v) is 2.75. The molecule has 25 heavy (non-hydrogen) atoms. The number of aliphatic imine (C=N–C) groups is 1. The van der Waals surface area contributed by atoms with Crippen molar-refractivity contribution in [2.24, 2.45) is 16.5 Å². The van der Waals surface area contributed by atoms with Crippen molar-refractivity contribution in [2.75, 3.05) is 31.1 Å². The number of benzene rings is 1. The molecular formula is C16H22N8O. The Morgan fingerprint density at radius 2 is 1.84 bits per heavy atom.